The Balaban J connectivity index is 1.86. The molecule has 2 bridgehead atoms. The van der Waals surface area contributed by atoms with E-state index in [1.807, 2.05) is 11.5 Å². The Kier molecular flexibility index (Phi) is 7.07. The van der Waals surface area contributed by atoms with Crippen LogP contribution in [-0.2, 0) is 9.49 Å². The van der Waals surface area contributed by atoms with E-state index < -0.39 is 7.05 Å². The van der Waals surface area contributed by atoms with Crippen LogP contribution in [0, 0.1) is 5.41 Å². The van der Waals surface area contributed by atoms with Crippen LogP contribution in [0.25, 0.3) is 5.57 Å². The summed E-state index contributed by atoms with van der Waals surface area (Å²) in [7, 11) is -0.813. The first-order valence-electron chi connectivity index (χ1n) is 9.08. The molecular formula is C16H22B2N6O4S. The number of thiazole rings is 1. The minimum absolute atomic E-state index is 0.0164. The molecule has 13 heteroatoms. The normalized spacial score (nSPS) is 21.0. The van der Waals surface area contributed by atoms with Crippen molar-refractivity contribution >= 4 is 49.6 Å². The van der Waals surface area contributed by atoms with Gasteiger partial charge in [-0.05, 0) is 12.9 Å². The molecule has 1 aromatic heterocycles. The lowest BCUT2D eigenvalue weighted by Crippen LogP contribution is -2.44. The number of nitrogens with one attached hydrogen (secondary N) is 2. The van der Waals surface area contributed by atoms with Gasteiger partial charge in [-0.1, -0.05) is 6.08 Å². The number of aromatic nitrogens is 1. The van der Waals surface area contributed by atoms with E-state index in [9.17, 15) is 9.82 Å². The van der Waals surface area contributed by atoms with Crippen molar-refractivity contribution in [3.63, 3.8) is 0 Å². The van der Waals surface area contributed by atoms with Crippen molar-refractivity contribution in [2.45, 2.75) is 18.9 Å². The molecule has 0 radical (unpaired) electrons. The zero-order valence-electron chi connectivity index (χ0n) is 16.0. The first-order chi connectivity index (χ1) is 14.0. The van der Waals surface area contributed by atoms with Crippen LogP contribution in [0.1, 0.15) is 5.01 Å². The summed E-state index contributed by atoms with van der Waals surface area (Å²) in [6.07, 6.45) is 6.12. The van der Waals surface area contributed by atoms with Crippen molar-refractivity contribution in [3.8, 4) is 0 Å². The molecule has 3 N–H and O–H groups in total. The first kappa shape index (κ1) is 21.1. The number of carbonyl (C=O) groups is 1. The predicted molar refractivity (Wildman–Crippen MR) is 114 cm³/mol. The highest BCUT2D eigenvalue weighted by molar-refractivity contribution is 7.10. The zero-order chi connectivity index (χ0) is 20.8. The highest BCUT2D eigenvalue weighted by atomic mass is 32.1. The van der Waals surface area contributed by atoms with Gasteiger partial charge in [-0.3, -0.25) is 15.2 Å². The number of rotatable bonds is 10. The second-order valence-electron chi connectivity index (χ2n) is 6.42. The van der Waals surface area contributed by atoms with Crippen LogP contribution in [0.4, 0.5) is 4.79 Å². The summed E-state index contributed by atoms with van der Waals surface area (Å²) in [5.74, 6) is 0. The van der Waals surface area contributed by atoms with Crippen molar-refractivity contribution in [1.29, 1.82) is 5.41 Å². The largest absolute Gasteiger partial charge is 0.548 e. The van der Waals surface area contributed by atoms with Crippen LogP contribution in [-0.4, -0.2) is 84.5 Å². The average Bonchev–Trinajstić information content (AvgIpc) is 3.31. The number of hydroxylamine groups is 2. The third-order valence-electron chi connectivity index (χ3n) is 4.37. The zero-order valence-corrected chi connectivity index (χ0v) is 16.8. The lowest BCUT2D eigenvalue weighted by Gasteiger charge is -2.30. The van der Waals surface area contributed by atoms with E-state index in [-0.39, 0.29) is 38.7 Å². The number of urea groups is 1. The van der Waals surface area contributed by atoms with E-state index in [4.69, 9.17) is 14.9 Å². The van der Waals surface area contributed by atoms with Crippen LogP contribution in [0.15, 0.2) is 35.3 Å². The number of carbonyl (C=O) groups excluding carboxylic acids is 1. The highest BCUT2D eigenvalue weighted by Gasteiger charge is 2.46. The quantitative estimate of drug-likeness (QED) is 0.216. The van der Waals surface area contributed by atoms with Crippen LogP contribution < -0.4 is 5.23 Å². The standard InChI is InChI=1S/C16H22B2N6O4S/c1-3-5-28-24-11-7-12(14-20-4-6-29-14)13(23(9-11)16(24)25)8-21-15(17-27-10-19)22-18(2)26/h3-4,6-7,10-11,13,17,19,26H,1,5,8-9H2,2H3,(H,21,22)/t11-,13-/m1/s1. The predicted octanol–water partition coefficient (Wildman–Crippen LogP) is 0.164. The fourth-order valence-corrected chi connectivity index (χ4v) is 3.95. The maximum atomic E-state index is 12.9. The molecule has 2 amide bonds. The minimum Gasteiger partial charge on any atom is -0.548 e. The minimum atomic E-state index is -0.830. The summed E-state index contributed by atoms with van der Waals surface area (Å²) in [5, 5.41) is 23.5. The summed E-state index contributed by atoms with van der Waals surface area (Å²) in [6, 6.07) is -0.786. The van der Waals surface area contributed by atoms with Crippen LogP contribution in [0.3, 0.4) is 0 Å². The molecule has 0 aromatic carbocycles. The molecule has 2 atom stereocenters. The first-order valence-corrected chi connectivity index (χ1v) is 9.96. The van der Waals surface area contributed by atoms with E-state index in [0.29, 0.717) is 12.3 Å². The van der Waals surface area contributed by atoms with Crippen LogP contribution in [0.5, 0.6) is 0 Å². The van der Waals surface area contributed by atoms with E-state index in [2.05, 4.69) is 21.8 Å². The molecule has 0 saturated carbocycles. The molecular weight excluding hydrogens is 394 g/mol. The molecule has 1 saturated heterocycles. The smallest absolute Gasteiger partial charge is 0.409 e. The Hall–Kier alpha value is -2.63. The summed E-state index contributed by atoms with van der Waals surface area (Å²) >= 11 is 1.49. The number of hydrogen-bond acceptors (Lipinski definition) is 8. The van der Waals surface area contributed by atoms with Crippen molar-refractivity contribution < 1.29 is 19.3 Å². The molecule has 1 fully saturated rings. The van der Waals surface area contributed by atoms with Gasteiger partial charge in [0.2, 0.25) is 0 Å². The number of hydrogen-bond donors (Lipinski definition) is 3. The monoisotopic (exact) mass is 416 g/mol. The lowest BCUT2D eigenvalue weighted by atomic mass is 9.84. The molecule has 3 rings (SSSR count). The van der Waals surface area contributed by atoms with Gasteiger partial charge in [0.1, 0.15) is 11.4 Å². The highest BCUT2D eigenvalue weighted by Crippen LogP contribution is 2.35. The average molecular weight is 416 g/mol. The fraction of sp³-hybridized carbons (Fsp3) is 0.375. The summed E-state index contributed by atoms with van der Waals surface area (Å²) in [4.78, 5) is 29.1. The molecule has 29 heavy (non-hydrogen) atoms. The van der Waals surface area contributed by atoms with E-state index in [0.717, 1.165) is 17.0 Å². The van der Waals surface area contributed by atoms with Crippen LogP contribution in [0.2, 0.25) is 6.82 Å². The Morgan fingerprint density at radius 1 is 1.69 bits per heavy atom. The molecule has 2 aliphatic heterocycles. The van der Waals surface area contributed by atoms with Gasteiger partial charge in [-0.15, -0.1) is 17.9 Å². The van der Waals surface area contributed by atoms with Crippen molar-refractivity contribution in [2.24, 2.45) is 4.99 Å². The van der Waals surface area contributed by atoms with Gasteiger partial charge >= 0.3 is 20.6 Å². The van der Waals surface area contributed by atoms with Gasteiger partial charge < -0.3 is 19.8 Å². The number of amidine groups is 1. The van der Waals surface area contributed by atoms with Crippen molar-refractivity contribution in [3.05, 3.63) is 35.3 Å². The maximum Gasteiger partial charge on any atom is 0.409 e. The van der Waals surface area contributed by atoms with E-state index >= 15 is 0 Å². The van der Waals surface area contributed by atoms with Crippen LogP contribution >= 0.6 is 11.3 Å². The third kappa shape index (κ3) is 4.86. The Bertz CT molecular complexity index is 803. The molecule has 3 heterocycles. The number of aliphatic imine (C=N–C) groups is 1. The van der Waals surface area contributed by atoms with E-state index in [1.165, 1.54) is 16.4 Å². The lowest BCUT2D eigenvalue weighted by molar-refractivity contribution is -0.107. The summed E-state index contributed by atoms with van der Waals surface area (Å²) < 4.78 is 4.97. The van der Waals surface area contributed by atoms with Gasteiger partial charge in [0.05, 0.1) is 31.0 Å². The van der Waals surface area contributed by atoms with Crippen molar-refractivity contribution in [1.82, 2.24) is 20.2 Å². The Labute approximate surface area is 173 Å². The molecule has 1 aromatic rings. The Morgan fingerprint density at radius 2 is 2.52 bits per heavy atom. The SMILES string of the molecule is C=CCON1C(=O)N2C[C@H]1C=C(c1nccs1)[C@H]2C/N=C(/BOC=N)NB(C)O. The molecule has 2 aliphatic rings. The second kappa shape index (κ2) is 9.72. The number of fused-ring (bicyclic) bond motifs is 2. The van der Waals surface area contributed by atoms with E-state index in [1.54, 1.807) is 24.0 Å². The topological polar surface area (TPSA) is 123 Å². The van der Waals surface area contributed by atoms with Gasteiger partial charge in [-0.2, -0.15) is 5.06 Å². The number of amides is 2. The molecule has 152 valence electrons. The second-order valence-corrected chi connectivity index (χ2v) is 7.32. The van der Waals surface area contributed by atoms with Crippen molar-refractivity contribution in [2.75, 3.05) is 19.7 Å². The summed E-state index contributed by atoms with van der Waals surface area (Å²) in [6.45, 7) is 6.16. The summed E-state index contributed by atoms with van der Waals surface area (Å²) in [5.41, 5.74) is 1.29. The molecule has 0 unspecified atom stereocenters. The maximum absolute atomic E-state index is 12.9. The molecule has 0 aliphatic carbocycles. The third-order valence-corrected chi connectivity index (χ3v) is 5.19. The number of nitrogens with zero attached hydrogens (tertiary/aromatic N) is 4. The van der Waals surface area contributed by atoms with Gasteiger partial charge in [0.15, 0.2) is 0 Å². The van der Waals surface area contributed by atoms with Gasteiger partial charge in [-0.25, -0.2) is 9.78 Å². The Morgan fingerprint density at radius 3 is 3.17 bits per heavy atom. The molecule has 0 spiro atoms. The van der Waals surface area contributed by atoms with Gasteiger partial charge in [0.25, 0.3) is 0 Å². The molecule has 10 nitrogen and oxygen atoms in total. The van der Waals surface area contributed by atoms with Gasteiger partial charge in [0, 0.05) is 23.7 Å². The fourth-order valence-electron chi connectivity index (χ4n) is 3.24.